The van der Waals surface area contributed by atoms with Crippen LogP contribution in [0.5, 0.6) is 5.88 Å². The van der Waals surface area contributed by atoms with E-state index in [-0.39, 0.29) is 24.9 Å². The Kier molecular flexibility index (Phi) is 9.27. The van der Waals surface area contributed by atoms with Crippen LogP contribution >= 0.6 is 10.0 Å². The number of hydrogen-bond acceptors (Lipinski definition) is 8. The molecular formula is C26H34F3N5O4S. The quantitative estimate of drug-likeness (QED) is 0.236. The minimum absolute atomic E-state index is 0.0105. The molecule has 0 unspecified atom stereocenters. The lowest BCUT2D eigenvalue weighted by molar-refractivity contribution is -0.152. The van der Waals surface area contributed by atoms with E-state index < -0.39 is 33.3 Å². The molecule has 39 heavy (non-hydrogen) atoms. The van der Waals surface area contributed by atoms with E-state index in [1.54, 1.807) is 26.1 Å². The molecule has 0 radical (unpaired) electrons. The van der Waals surface area contributed by atoms with Gasteiger partial charge in [-0.1, -0.05) is 0 Å². The number of carbonyl (C=O) groups excluding carboxylic acids is 1. The molecular weight excluding hydrogens is 535 g/mol. The number of esters is 1. The second-order valence-corrected chi connectivity index (χ2v) is 15.1. The third kappa shape index (κ3) is 7.91. The van der Waals surface area contributed by atoms with Crippen molar-refractivity contribution in [1.29, 1.82) is 0 Å². The van der Waals surface area contributed by atoms with Crippen molar-refractivity contribution in [3.05, 3.63) is 42.1 Å². The minimum Gasteiger partial charge on any atom is -0.476 e. The number of imidazole rings is 1. The first-order valence-corrected chi connectivity index (χ1v) is 15.0. The molecule has 0 aromatic carbocycles. The first kappa shape index (κ1) is 30.4. The minimum atomic E-state index is -4.60. The summed E-state index contributed by atoms with van der Waals surface area (Å²) < 4.78 is 57.9. The smallest absolute Gasteiger partial charge is 0.433 e. The molecule has 9 nitrogen and oxygen atoms in total. The highest BCUT2D eigenvalue weighted by Gasteiger charge is 2.36. The first-order chi connectivity index (χ1) is 18.1. The van der Waals surface area contributed by atoms with Gasteiger partial charge in [-0.3, -0.25) is 14.3 Å². The number of methoxy groups -OCH3 is 1. The van der Waals surface area contributed by atoms with E-state index in [9.17, 15) is 18.0 Å². The number of pyridine rings is 1. The summed E-state index contributed by atoms with van der Waals surface area (Å²) in [6.45, 7) is 5.36. The topological polar surface area (TPSA) is 101 Å². The number of rotatable bonds is 11. The molecule has 214 valence electrons. The van der Waals surface area contributed by atoms with E-state index in [0.717, 1.165) is 22.1 Å². The van der Waals surface area contributed by atoms with Crippen molar-refractivity contribution in [1.82, 2.24) is 24.5 Å². The van der Waals surface area contributed by atoms with Crippen LogP contribution in [0.15, 0.2) is 30.9 Å². The maximum atomic E-state index is 13.6. The number of carbonyl (C=O) groups is 1. The third-order valence-corrected chi connectivity index (χ3v) is 7.16. The Balaban J connectivity index is 1.79. The van der Waals surface area contributed by atoms with E-state index >= 15 is 0 Å². The average Bonchev–Trinajstić information content (AvgIpc) is 3.29. The Hall–Kier alpha value is -3.19. The van der Waals surface area contributed by atoms with Crippen molar-refractivity contribution in [3.63, 3.8) is 0 Å². The number of aryl methyl sites for hydroxylation is 1. The second kappa shape index (κ2) is 11.9. The van der Waals surface area contributed by atoms with Crippen molar-refractivity contribution in [2.24, 2.45) is 5.41 Å². The Labute approximate surface area is 227 Å². The van der Waals surface area contributed by atoms with Crippen molar-refractivity contribution < 1.29 is 32.2 Å². The molecule has 0 bridgehead atoms. The Bertz CT molecular complexity index is 1290. The van der Waals surface area contributed by atoms with Crippen LogP contribution in [0.1, 0.15) is 25.1 Å². The summed E-state index contributed by atoms with van der Waals surface area (Å²) in [6.07, 6.45) is 6.90. The normalized spacial score (nSPS) is 12.9. The number of halogens is 3. The molecule has 0 saturated heterocycles. The van der Waals surface area contributed by atoms with Crippen molar-refractivity contribution in [3.8, 4) is 28.7 Å². The molecule has 0 saturated carbocycles. The van der Waals surface area contributed by atoms with Gasteiger partial charge in [0.15, 0.2) is 5.82 Å². The highest BCUT2D eigenvalue weighted by Crippen LogP contribution is 2.35. The van der Waals surface area contributed by atoms with Gasteiger partial charge in [0.25, 0.3) is 0 Å². The van der Waals surface area contributed by atoms with Crippen LogP contribution in [0.4, 0.5) is 13.2 Å². The highest BCUT2D eigenvalue weighted by molar-refractivity contribution is 8.32. The van der Waals surface area contributed by atoms with Crippen LogP contribution < -0.4 is 4.74 Å². The molecule has 3 rings (SSSR count). The summed E-state index contributed by atoms with van der Waals surface area (Å²) in [5.74, 6) is 0.711. The zero-order valence-electron chi connectivity index (χ0n) is 23.1. The molecule has 0 N–H and O–H groups in total. The van der Waals surface area contributed by atoms with Crippen molar-refractivity contribution in [2.45, 2.75) is 33.7 Å². The maximum absolute atomic E-state index is 13.6. The van der Waals surface area contributed by atoms with Crippen LogP contribution in [-0.2, 0) is 27.2 Å². The Morgan fingerprint density at radius 2 is 1.67 bits per heavy atom. The van der Waals surface area contributed by atoms with Gasteiger partial charge < -0.3 is 14.2 Å². The van der Waals surface area contributed by atoms with Crippen LogP contribution in [0.2, 0.25) is 0 Å². The largest absolute Gasteiger partial charge is 0.476 e. The average molecular weight is 570 g/mol. The fourth-order valence-electron chi connectivity index (χ4n) is 3.45. The number of nitrogens with zero attached hydrogens (tertiary/aromatic N) is 5. The van der Waals surface area contributed by atoms with Gasteiger partial charge in [0.05, 0.1) is 43.4 Å². The van der Waals surface area contributed by atoms with Crippen molar-refractivity contribution in [2.75, 3.05) is 44.8 Å². The molecule has 0 aliphatic rings. The SMILES string of the molecule is COC(=O)C(C)(C)COc1cc(C)c(-c2cnc(-c3ncc(C(F)(F)F)n3COCCS(C)(C)C)cn2)cn1. The third-order valence-electron chi connectivity index (χ3n) is 5.77. The second-order valence-electron chi connectivity index (χ2n) is 10.5. The van der Waals surface area contributed by atoms with Gasteiger partial charge in [0, 0.05) is 23.6 Å². The summed E-state index contributed by atoms with van der Waals surface area (Å²) in [5.41, 5.74) is 0.339. The predicted molar refractivity (Wildman–Crippen MR) is 144 cm³/mol. The van der Waals surface area contributed by atoms with E-state index in [0.29, 0.717) is 23.7 Å². The molecule has 0 aliphatic carbocycles. The van der Waals surface area contributed by atoms with E-state index in [2.05, 4.69) is 38.7 Å². The molecule has 3 aromatic heterocycles. The predicted octanol–water partition coefficient (Wildman–Crippen LogP) is 4.98. The van der Waals surface area contributed by atoms with Gasteiger partial charge in [0.2, 0.25) is 5.88 Å². The number of alkyl halides is 3. The fourth-order valence-corrected chi connectivity index (χ4v) is 4.07. The first-order valence-electron chi connectivity index (χ1n) is 12.0. The molecule has 3 aromatic rings. The molecule has 3 heterocycles. The maximum Gasteiger partial charge on any atom is 0.433 e. The van der Waals surface area contributed by atoms with Gasteiger partial charge in [-0.25, -0.2) is 25.0 Å². The van der Waals surface area contributed by atoms with Gasteiger partial charge >= 0.3 is 12.1 Å². The highest BCUT2D eigenvalue weighted by atomic mass is 32.3. The van der Waals surface area contributed by atoms with E-state index in [1.165, 1.54) is 19.5 Å². The van der Waals surface area contributed by atoms with Gasteiger partial charge in [-0.05, 0) is 45.1 Å². The van der Waals surface area contributed by atoms with Crippen molar-refractivity contribution >= 4 is 16.0 Å². The van der Waals surface area contributed by atoms with Gasteiger partial charge in [0.1, 0.15) is 24.7 Å². The lowest BCUT2D eigenvalue weighted by Crippen LogP contribution is -2.32. The molecule has 0 atom stereocenters. The molecule has 0 spiro atoms. The number of aromatic nitrogens is 5. The fraction of sp³-hybridized carbons (Fsp3) is 0.500. The molecule has 13 heteroatoms. The Morgan fingerprint density at radius 1 is 1.00 bits per heavy atom. The zero-order valence-corrected chi connectivity index (χ0v) is 23.9. The summed E-state index contributed by atoms with van der Waals surface area (Å²) in [6, 6.07) is 1.71. The Morgan fingerprint density at radius 3 is 2.23 bits per heavy atom. The lowest BCUT2D eigenvalue weighted by atomic mass is 9.95. The summed E-state index contributed by atoms with van der Waals surface area (Å²) >= 11 is 0. The van der Waals surface area contributed by atoms with E-state index in [1.807, 2.05) is 6.92 Å². The van der Waals surface area contributed by atoms with Gasteiger partial charge in [-0.2, -0.15) is 13.2 Å². The molecule has 0 amide bonds. The molecule has 0 fully saturated rings. The monoisotopic (exact) mass is 569 g/mol. The summed E-state index contributed by atoms with van der Waals surface area (Å²) in [7, 11) is 0.474. The number of ether oxygens (including phenoxy) is 3. The zero-order chi connectivity index (χ0) is 29.0. The summed E-state index contributed by atoms with van der Waals surface area (Å²) in [5, 5.41) is 0. The van der Waals surface area contributed by atoms with E-state index in [4.69, 9.17) is 14.2 Å². The number of hydrogen-bond donors (Lipinski definition) is 0. The lowest BCUT2D eigenvalue weighted by Gasteiger charge is -2.25. The van der Waals surface area contributed by atoms with Crippen LogP contribution in [0.3, 0.4) is 0 Å². The standard InChI is InChI=1S/C26H34F3N5O4S/c1-17-10-22(38-15-25(2,3)24(35)36-4)32-11-18(17)19-12-31-20(13-30-19)23-33-14-21(26(27,28)29)34(23)16-37-8-9-39(5,6)7/h10-14H,8-9,15-16H2,1-7H3. The van der Waals surface area contributed by atoms with Crippen LogP contribution in [0, 0.1) is 12.3 Å². The molecule has 0 aliphatic heterocycles. The van der Waals surface area contributed by atoms with Crippen LogP contribution in [0.25, 0.3) is 22.8 Å². The van der Waals surface area contributed by atoms with Gasteiger partial charge in [-0.15, -0.1) is 0 Å². The summed E-state index contributed by atoms with van der Waals surface area (Å²) in [4.78, 5) is 28.9. The van der Waals surface area contributed by atoms with Crippen LogP contribution in [-0.4, -0.2) is 75.3 Å².